The van der Waals surface area contributed by atoms with Crippen LogP contribution in [0.5, 0.6) is 5.75 Å². The molecule has 0 aliphatic carbocycles. The van der Waals surface area contributed by atoms with Crippen LogP contribution in [-0.2, 0) is 22.6 Å². The fourth-order valence-electron chi connectivity index (χ4n) is 4.10. The summed E-state index contributed by atoms with van der Waals surface area (Å²) in [5, 5.41) is 11.7. The molecule has 0 N–H and O–H groups in total. The highest BCUT2D eigenvalue weighted by Gasteiger charge is 2.31. The highest BCUT2D eigenvalue weighted by atomic mass is 16.5. The van der Waals surface area contributed by atoms with Gasteiger partial charge >= 0.3 is 0 Å². The number of nitrogens with zero attached hydrogens (tertiary/aromatic N) is 3. The Bertz CT molecular complexity index is 1150. The molecule has 1 aliphatic rings. The van der Waals surface area contributed by atoms with Crippen molar-refractivity contribution in [1.29, 1.82) is 0 Å². The minimum absolute atomic E-state index is 0.0691. The Hall–Kier alpha value is -3.91. The molecule has 2 amide bonds. The Balaban J connectivity index is 1.51. The third-order valence-corrected chi connectivity index (χ3v) is 5.97. The molecule has 0 radical (unpaired) electrons. The molecule has 8 nitrogen and oxygen atoms in total. The van der Waals surface area contributed by atoms with Gasteiger partial charge in [0.1, 0.15) is 17.9 Å². The van der Waals surface area contributed by atoms with Crippen LogP contribution in [-0.4, -0.2) is 61.0 Å². The van der Waals surface area contributed by atoms with Crippen molar-refractivity contribution in [3.05, 3.63) is 101 Å². The van der Waals surface area contributed by atoms with Gasteiger partial charge in [-0.25, -0.2) is 0 Å². The molecule has 0 unspecified atom stereocenters. The van der Waals surface area contributed by atoms with Gasteiger partial charge in [0, 0.05) is 25.7 Å². The van der Waals surface area contributed by atoms with E-state index in [1.54, 1.807) is 18.1 Å². The summed E-state index contributed by atoms with van der Waals surface area (Å²) in [5.74, 6) is 0.217. The predicted molar refractivity (Wildman–Crippen MR) is 130 cm³/mol. The molecule has 8 heteroatoms. The van der Waals surface area contributed by atoms with Crippen LogP contribution in [0.4, 0.5) is 0 Å². The maximum absolute atomic E-state index is 13.2. The lowest BCUT2D eigenvalue weighted by Gasteiger charge is -2.25. The summed E-state index contributed by atoms with van der Waals surface area (Å²) in [6.07, 6.45) is 2.85. The molecule has 0 bridgehead atoms. The molecule has 2 heterocycles. The zero-order valence-electron chi connectivity index (χ0n) is 19.7. The van der Waals surface area contributed by atoms with E-state index in [4.69, 9.17) is 9.47 Å². The first-order valence-electron chi connectivity index (χ1n) is 11.6. The van der Waals surface area contributed by atoms with Crippen LogP contribution < -0.4 is 9.47 Å². The van der Waals surface area contributed by atoms with Crippen molar-refractivity contribution < 1.29 is 23.8 Å². The number of hydrogen-bond acceptors (Lipinski definition) is 5. The number of benzene rings is 2. The van der Waals surface area contributed by atoms with Gasteiger partial charge < -0.3 is 24.5 Å². The first kappa shape index (κ1) is 24.2. The van der Waals surface area contributed by atoms with Gasteiger partial charge in [-0.05, 0) is 35.7 Å². The summed E-state index contributed by atoms with van der Waals surface area (Å²) < 4.78 is 12.1. The fourth-order valence-corrected chi connectivity index (χ4v) is 4.10. The Labute approximate surface area is 204 Å². The summed E-state index contributed by atoms with van der Waals surface area (Å²) >= 11 is 0. The van der Waals surface area contributed by atoms with Crippen molar-refractivity contribution in [2.75, 3.05) is 33.3 Å². The van der Waals surface area contributed by atoms with Crippen molar-refractivity contribution in [1.82, 2.24) is 9.80 Å². The lowest BCUT2D eigenvalue weighted by Crippen LogP contribution is -2.41. The van der Waals surface area contributed by atoms with E-state index < -0.39 is 6.10 Å². The molecule has 3 aromatic rings. The van der Waals surface area contributed by atoms with Crippen molar-refractivity contribution >= 4 is 11.8 Å². The van der Waals surface area contributed by atoms with Gasteiger partial charge in [0.25, 0.3) is 5.91 Å². The van der Waals surface area contributed by atoms with Crippen molar-refractivity contribution in [3.8, 4) is 5.75 Å². The molecule has 4 rings (SSSR count). The highest BCUT2D eigenvalue weighted by Crippen LogP contribution is 2.17. The Morgan fingerprint density at radius 2 is 1.86 bits per heavy atom. The number of methoxy groups -OCH3 is 1. The molecule has 2 aromatic carbocycles. The number of amides is 2. The average Bonchev–Trinajstić information content (AvgIpc) is 3.04. The molecule has 35 heavy (non-hydrogen) atoms. The third kappa shape index (κ3) is 6.58. The molecule has 1 fully saturated rings. The smallest absolute Gasteiger partial charge is 0.260 e. The minimum atomic E-state index is -0.393. The first-order chi connectivity index (χ1) is 17.0. The van der Waals surface area contributed by atoms with E-state index in [2.05, 4.69) is 0 Å². The Morgan fingerprint density at radius 1 is 1.06 bits per heavy atom. The summed E-state index contributed by atoms with van der Waals surface area (Å²) in [7, 11) is 1.61. The van der Waals surface area contributed by atoms with E-state index >= 15 is 0 Å². The monoisotopic (exact) mass is 475 g/mol. The van der Waals surface area contributed by atoms with Gasteiger partial charge in [0.15, 0.2) is 12.4 Å². The lowest BCUT2D eigenvalue weighted by atomic mass is 10.1. The summed E-state index contributed by atoms with van der Waals surface area (Å²) in [6, 6.07) is 20.7. The number of ether oxygens (including phenoxy) is 2. The van der Waals surface area contributed by atoms with Crippen LogP contribution in [0.3, 0.4) is 0 Å². The van der Waals surface area contributed by atoms with Crippen LogP contribution in [0.15, 0.2) is 79.1 Å². The zero-order chi connectivity index (χ0) is 24.6. The SMILES string of the molecule is COc1cccc(CO[C@H]2CN(CCc3ccccc3)C(=O)CN(C(=O)c3ccc[n+]([O-])c3)C2)c1. The molecular weight excluding hydrogens is 446 g/mol. The molecule has 0 saturated carbocycles. The predicted octanol–water partition coefficient (Wildman–Crippen LogP) is 2.44. The second-order valence-corrected chi connectivity index (χ2v) is 8.50. The quantitative estimate of drug-likeness (QED) is 0.369. The summed E-state index contributed by atoms with van der Waals surface area (Å²) in [5.41, 5.74) is 2.30. The topological polar surface area (TPSA) is 86.0 Å². The number of aromatic nitrogens is 1. The third-order valence-electron chi connectivity index (χ3n) is 5.97. The zero-order valence-corrected chi connectivity index (χ0v) is 19.7. The summed E-state index contributed by atoms with van der Waals surface area (Å²) in [6.45, 7) is 1.38. The number of carbonyl (C=O) groups excluding carboxylic acids is 2. The standard InChI is InChI=1S/C27H29N3O5/c1-34-24-11-5-9-22(15-24)20-35-25-17-28(14-12-21-7-3-2-4-8-21)26(31)19-29(18-25)27(32)23-10-6-13-30(33)16-23/h2-11,13,15-16,25H,12,14,17-20H2,1H3/t25-/m0/s1. The largest absolute Gasteiger partial charge is 0.619 e. The molecule has 1 atom stereocenters. The van der Waals surface area contributed by atoms with Gasteiger partial charge in [-0.2, -0.15) is 4.73 Å². The van der Waals surface area contributed by atoms with Crippen LogP contribution in [0, 0.1) is 5.21 Å². The van der Waals surface area contributed by atoms with Crippen LogP contribution >= 0.6 is 0 Å². The highest BCUT2D eigenvalue weighted by molar-refractivity contribution is 5.96. The first-order valence-corrected chi connectivity index (χ1v) is 11.6. The average molecular weight is 476 g/mol. The lowest BCUT2D eigenvalue weighted by molar-refractivity contribution is -0.605. The van der Waals surface area contributed by atoms with E-state index in [0.29, 0.717) is 30.8 Å². The Morgan fingerprint density at radius 3 is 2.63 bits per heavy atom. The molecule has 1 saturated heterocycles. The van der Waals surface area contributed by atoms with Gasteiger partial charge in [-0.3, -0.25) is 9.59 Å². The van der Waals surface area contributed by atoms with Crippen molar-refractivity contribution in [3.63, 3.8) is 0 Å². The van der Waals surface area contributed by atoms with E-state index in [9.17, 15) is 14.8 Å². The Kier molecular flexibility index (Phi) is 7.95. The maximum atomic E-state index is 13.2. The van der Waals surface area contributed by atoms with Gasteiger partial charge in [-0.15, -0.1) is 0 Å². The van der Waals surface area contributed by atoms with E-state index in [0.717, 1.165) is 16.9 Å². The van der Waals surface area contributed by atoms with Crippen molar-refractivity contribution in [2.24, 2.45) is 0 Å². The van der Waals surface area contributed by atoms with Gasteiger partial charge in [0.2, 0.25) is 5.91 Å². The second kappa shape index (κ2) is 11.5. The van der Waals surface area contributed by atoms with E-state index in [-0.39, 0.29) is 30.5 Å². The normalized spacial score (nSPS) is 16.1. The van der Waals surface area contributed by atoms with Gasteiger partial charge in [0.05, 0.1) is 19.8 Å². The van der Waals surface area contributed by atoms with E-state index in [1.165, 1.54) is 23.4 Å². The van der Waals surface area contributed by atoms with E-state index in [1.807, 2.05) is 54.6 Å². The number of rotatable bonds is 8. The number of carbonyl (C=O) groups is 2. The van der Waals surface area contributed by atoms with Gasteiger partial charge in [-0.1, -0.05) is 42.5 Å². The molecular formula is C27H29N3O5. The van der Waals surface area contributed by atoms with Crippen molar-refractivity contribution in [2.45, 2.75) is 19.1 Å². The number of pyridine rings is 1. The van der Waals surface area contributed by atoms with Crippen LogP contribution in [0.1, 0.15) is 21.5 Å². The second-order valence-electron chi connectivity index (χ2n) is 8.50. The molecule has 182 valence electrons. The van der Waals surface area contributed by atoms with Crippen LogP contribution in [0.2, 0.25) is 0 Å². The molecule has 0 spiro atoms. The minimum Gasteiger partial charge on any atom is -0.619 e. The fraction of sp³-hybridized carbons (Fsp3) is 0.296. The summed E-state index contributed by atoms with van der Waals surface area (Å²) in [4.78, 5) is 29.5. The van der Waals surface area contributed by atoms with Crippen LogP contribution in [0.25, 0.3) is 0 Å². The maximum Gasteiger partial charge on any atom is 0.260 e. The molecule has 1 aliphatic heterocycles. The molecule has 1 aromatic heterocycles. The number of hydrogen-bond donors (Lipinski definition) is 0.